The molecule has 0 spiro atoms. The van der Waals surface area contributed by atoms with Gasteiger partial charge >= 0.3 is 12.0 Å². The largest absolute Gasteiger partial charge is 0.466 e. The van der Waals surface area contributed by atoms with Crippen molar-refractivity contribution in [2.24, 2.45) is 0 Å². The van der Waals surface area contributed by atoms with Gasteiger partial charge in [-0.15, -0.1) is 0 Å². The van der Waals surface area contributed by atoms with Crippen molar-refractivity contribution in [2.45, 2.75) is 32.6 Å². The highest BCUT2D eigenvalue weighted by atomic mass is 16.5. The van der Waals surface area contributed by atoms with Crippen molar-refractivity contribution in [1.29, 1.82) is 0 Å². The number of urea groups is 1. The molecule has 1 saturated heterocycles. The van der Waals surface area contributed by atoms with Crippen LogP contribution in [0, 0.1) is 0 Å². The van der Waals surface area contributed by atoms with Crippen LogP contribution in [0.5, 0.6) is 0 Å². The van der Waals surface area contributed by atoms with Crippen LogP contribution in [0.15, 0.2) is 54.7 Å². The number of esters is 1. The molecule has 2 heterocycles. The van der Waals surface area contributed by atoms with Gasteiger partial charge in [-0.1, -0.05) is 36.8 Å². The number of aromatic nitrogens is 1. The zero-order chi connectivity index (χ0) is 29.2. The van der Waals surface area contributed by atoms with Gasteiger partial charge in [-0.25, -0.2) is 4.79 Å². The molecule has 216 valence electrons. The Morgan fingerprint density at radius 1 is 0.878 bits per heavy atom. The second-order valence-corrected chi connectivity index (χ2v) is 9.71. The quantitative estimate of drug-likeness (QED) is 0.141. The predicted octanol–water partition coefficient (Wildman–Crippen LogP) is 3.58. The maximum atomic E-state index is 13.2. The molecule has 1 aliphatic rings. The number of amides is 4. The Hall–Kier alpha value is -4.67. The lowest BCUT2D eigenvalue weighted by molar-refractivity contribution is -0.143. The van der Waals surface area contributed by atoms with Crippen LogP contribution in [-0.2, 0) is 14.3 Å². The number of piperazine rings is 1. The number of para-hydroxylation sites is 1. The number of anilines is 1. The number of hydrogen-bond acceptors (Lipinski definition) is 6. The summed E-state index contributed by atoms with van der Waals surface area (Å²) in [6, 6.07) is 13.7. The molecular weight excluding hydrogens is 526 g/mol. The summed E-state index contributed by atoms with van der Waals surface area (Å²) in [5, 5.41) is 6.10. The zero-order valence-corrected chi connectivity index (χ0v) is 23.1. The fourth-order valence-corrected chi connectivity index (χ4v) is 4.75. The van der Waals surface area contributed by atoms with Gasteiger partial charge in [0.15, 0.2) is 0 Å². The highest BCUT2D eigenvalue weighted by Gasteiger charge is 2.30. The van der Waals surface area contributed by atoms with Gasteiger partial charge in [-0.3, -0.25) is 19.2 Å². The van der Waals surface area contributed by atoms with Gasteiger partial charge in [-0.05, 0) is 38.0 Å². The van der Waals surface area contributed by atoms with Gasteiger partial charge in [0.25, 0.3) is 17.6 Å². The van der Waals surface area contributed by atoms with Crippen molar-refractivity contribution in [3.8, 4) is 0 Å². The highest BCUT2D eigenvalue weighted by Crippen LogP contribution is 2.26. The van der Waals surface area contributed by atoms with Crippen LogP contribution in [0.25, 0.3) is 10.9 Å². The van der Waals surface area contributed by atoms with Crippen molar-refractivity contribution in [3.63, 3.8) is 0 Å². The van der Waals surface area contributed by atoms with E-state index in [4.69, 9.17) is 4.74 Å². The summed E-state index contributed by atoms with van der Waals surface area (Å²) in [5.74, 6) is -1.59. The van der Waals surface area contributed by atoms with E-state index in [0.717, 1.165) is 12.8 Å². The first-order valence-corrected chi connectivity index (χ1v) is 13.9. The number of ketones is 1. The van der Waals surface area contributed by atoms with Crippen LogP contribution in [0.3, 0.4) is 0 Å². The smallest absolute Gasteiger partial charge is 0.319 e. The number of benzene rings is 2. The van der Waals surface area contributed by atoms with Crippen LogP contribution in [0.1, 0.15) is 53.3 Å². The summed E-state index contributed by atoms with van der Waals surface area (Å²) in [6.07, 6.45) is 4.04. The van der Waals surface area contributed by atoms with E-state index in [9.17, 15) is 24.0 Å². The van der Waals surface area contributed by atoms with E-state index in [2.05, 4.69) is 15.6 Å². The minimum Gasteiger partial charge on any atom is -0.466 e. The minimum atomic E-state index is -0.650. The average molecular weight is 562 g/mol. The number of rotatable bonds is 11. The molecule has 3 aromatic rings. The second kappa shape index (κ2) is 14.1. The van der Waals surface area contributed by atoms with Crippen molar-refractivity contribution in [2.75, 3.05) is 44.6 Å². The fourth-order valence-electron chi connectivity index (χ4n) is 4.75. The molecule has 0 atom stereocenters. The van der Waals surface area contributed by atoms with Crippen LogP contribution in [0.2, 0.25) is 0 Å². The van der Waals surface area contributed by atoms with Crippen molar-refractivity contribution >= 4 is 46.2 Å². The molecular formula is C30H35N5O6. The summed E-state index contributed by atoms with van der Waals surface area (Å²) < 4.78 is 4.90. The SMILES string of the molecule is CCOC(=O)CCCCCNC(=O)Nc1cccc2c(C(=O)C(=O)N3CCN(C(=O)c4ccccc4)CC3)c[nH]c12. The minimum absolute atomic E-state index is 0.0984. The maximum absolute atomic E-state index is 13.2. The average Bonchev–Trinajstić information content (AvgIpc) is 3.44. The van der Waals surface area contributed by atoms with Gasteiger partial charge in [0.2, 0.25) is 0 Å². The first-order chi connectivity index (χ1) is 19.9. The van der Waals surface area contributed by atoms with E-state index in [0.29, 0.717) is 61.2 Å². The summed E-state index contributed by atoms with van der Waals surface area (Å²) in [4.78, 5) is 68.9. The van der Waals surface area contributed by atoms with Crippen molar-refractivity contribution < 1.29 is 28.7 Å². The van der Waals surface area contributed by atoms with E-state index in [1.807, 2.05) is 6.07 Å². The van der Waals surface area contributed by atoms with Gasteiger partial charge in [0.1, 0.15) is 0 Å². The van der Waals surface area contributed by atoms with Crippen molar-refractivity contribution in [1.82, 2.24) is 20.1 Å². The number of carbonyl (C=O) groups excluding carboxylic acids is 5. The third kappa shape index (κ3) is 7.50. The third-order valence-electron chi connectivity index (χ3n) is 6.93. The molecule has 11 nitrogen and oxygen atoms in total. The van der Waals surface area contributed by atoms with E-state index >= 15 is 0 Å². The second-order valence-electron chi connectivity index (χ2n) is 9.71. The van der Waals surface area contributed by atoms with E-state index in [-0.39, 0.29) is 30.5 Å². The van der Waals surface area contributed by atoms with E-state index in [1.165, 1.54) is 11.1 Å². The van der Waals surface area contributed by atoms with Gasteiger partial charge in [0, 0.05) is 56.3 Å². The summed E-state index contributed by atoms with van der Waals surface area (Å²) in [5.41, 5.74) is 1.82. The molecule has 3 N–H and O–H groups in total. The third-order valence-corrected chi connectivity index (χ3v) is 6.93. The molecule has 0 unspecified atom stereocenters. The van der Waals surface area contributed by atoms with Gasteiger partial charge in [0.05, 0.1) is 23.4 Å². The first kappa shape index (κ1) is 29.3. The number of Topliss-reactive ketones (excluding diaryl/α,β-unsaturated/α-hetero) is 1. The Balaban J connectivity index is 1.29. The molecule has 1 aromatic heterocycles. The molecule has 4 amide bonds. The summed E-state index contributed by atoms with van der Waals surface area (Å²) >= 11 is 0. The summed E-state index contributed by atoms with van der Waals surface area (Å²) in [7, 11) is 0. The zero-order valence-electron chi connectivity index (χ0n) is 23.1. The van der Waals surface area contributed by atoms with Crippen molar-refractivity contribution in [3.05, 3.63) is 65.9 Å². The Labute approximate surface area is 238 Å². The summed E-state index contributed by atoms with van der Waals surface area (Å²) in [6.45, 7) is 3.80. The van der Waals surface area contributed by atoms with E-state index in [1.54, 1.807) is 54.3 Å². The molecule has 0 saturated carbocycles. The number of unbranched alkanes of at least 4 members (excludes halogenated alkanes) is 2. The number of fused-ring (bicyclic) bond motifs is 1. The molecule has 11 heteroatoms. The van der Waals surface area contributed by atoms with Crippen LogP contribution < -0.4 is 10.6 Å². The van der Waals surface area contributed by atoms with Gasteiger partial charge < -0.3 is 30.2 Å². The van der Waals surface area contributed by atoms with E-state index < -0.39 is 17.7 Å². The van der Waals surface area contributed by atoms with Crippen LogP contribution >= 0.6 is 0 Å². The lowest BCUT2D eigenvalue weighted by atomic mass is 10.1. The fraction of sp³-hybridized carbons (Fsp3) is 0.367. The number of nitrogens with one attached hydrogen (secondary N) is 3. The highest BCUT2D eigenvalue weighted by molar-refractivity contribution is 6.45. The Bertz CT molecular complexity index is 1390. The van der Waals surface area contributed by atoms with Gasteiger partial charge in [-0.2, -0.15) is 0 Å². The molecule has 1 fully saturated rings. The molecule has 2 aromatic carbocycles. The number of hydrogen-bond donors (Lipinski definition) is 3. The standard InChI is InChI=1S/C30H35N5O6/c1-2-41-25(36)14-7-4-8-15-31-30(40)33-24-13-9-12-22-23(20-32-26(22)24)27(37)29(39)35-18-16-34(17-19-35)28(38)21-10-5-3-6-11-21/h3,5-6,9-13,20,32H,2,4,7-8,14-19H2,1H3,(H2,31,33,40). The number of nitrogens with zero attached hydrogens (tertiary/aromatic N) is 2. The van der Waals surface area contributed by atoms with Crippen LogP contribution in [0.4, 0.5) is 10.5 Å². The molecule has 0 radical (unpaired) electrons. The Kier molecular flexibility index (Phi) is 10.1. The molecule has 0 aliphatic carbocycles. The number of ether oxygens (including phenoxy) is 1. The molecule has 1 aliphatic heterocycles. The van der Waals surface area contributed by atoms with Crippen LogP contribution in [-0.4, -0.2) is 83.7 Å². The molecule has 41 heavy (non-hydrogen) atoms. The lowest BCUT2D eigenvalue weighted by Gasteiger charge is -2.34. The monoisotopic (exact) mass is 561 g/mol. The first-order valence-electron chi connectivity index (χ1n) is 13.9. The predicted molar refractivity (Wildman–Crippen MR) is 154 cm³/mol. The Morgan fingerprint density at radius 2 is 1.61 bits per heavy atom. The number of H-pyrrole nitrogens is 1. The Morgan fingerprint density at radius 3 is 2.34 bits per heavy atom. The lowest BCUT2D eigenvalue weighted by Crippen LogP contribution is -2.52. The maximum Gasteiger partial charge on any atom is 0.319 e. The normalized spacial score (nSPS) is 13.1. The topological polar surface area (TPSA) is 141 Å². The number of carbonyl (C=O) groups is 5. The molecule has 0 bridgehead atoms. The number of aromatic amines is 1. The molecule has 4 rings (SSSR count).